The Morgan fingerprint density at radius 3 is 1.98 bits per heavy atom. The minimum Gasteiger partial charge on any atom is -0.460 e. The molecule has 2 aliphatic carbocycles. The van der Waals surface area contributed by atoms with Crippen LogP contribution in [-0.2, 0) is 29.3 Å². The Hall–Kier alpha value is -4.45. The smallest absolute Gasteiger partial charge is 0.408 e. The summed E-state index contributed by atoms with van der Waals surface area (Å²) in [6.07, 6.45) is -0.489. The molecule has 1 saturated carbocycles. The molecule has 12 heteroatoms. The Morgan fingerprint density at radius 2 is 1.42 bits per heavy atom. The highest BCUT2D eigenvalue weighted by atomic mass is 16.6. The van der Waals surface area contributed by atoms with E-state index in [0.29, 0.717) is 12.8 Å². The molecule has 1 atom stereocenters. The number of amides is 2. The van der Waals surface area contributed by atoms with Crippen LogP contribution in [0.3, 0.4) is 0 Å². The Labute approximate surface area is 294 Å². The normalized spacial score (nSPS) is 19.4. The predicted molar refractivity (Wildman–Crippen MR) is 185 cm³/mol. The zero-order valence-electron chi connectivity index (χ0n) is 30.5. The van der Waals surface area contributed by atoms with Crippen molar-refractivity contribution in [3.63, 3.8) is 0 Å². The van der Waals surface area contributed by atoms with Gasteiger partial charge in [0.05, 0.1) is 12.2 Å². The number of benzene rings is 2. The molecule has 1 heterocycles. The van der Waals surface area contributed by atoms with E-state index in [0.717, 1.165) is 22.3 Å². The zero-order valence-corrected chi connectivity index (χ0v) is 30.5. The van der Waals surface area contributed by atoms with Crippen molar-refractivity contribution in [3.8, 4) is 11.1 Å². The van der Waals surface area contributed by atoms with Crippen LogP contribution in [0, 0.1) is 5.92 Å². The minimum atomic E-state index is -1.11. The second kappa shape index (κ2) is 14.0. The van der Waals surface area contributed by atoms with Gasteiger partial charge in [0.1, 0.15) is 29.4 Å². The van der Waals surface area contributed by atoms with Gasteiger partial charge < -0.3 is 34.1 Å². The Kier molecular flexibility index (Phi) is 10.3. The SMILES string of the molecule is CC(C)(C)OC[C@H](NC(=O)OC(C)(C)C)c1noc(C2(NC(=O)OCC3c4ccccc4-c4ccccc43)CC(CC(=O)OC(C)(C)C)C2)n1. The third-order valence-corrected chi connectivity index (χ3v) is 8.37. The van der Waals surface area contributed by atoms with Crippen LogP contribution in [0.25, 0.3) is 11.1 Å². The van der Waals surface area contributed by atoms with Gasteiger partial charge in [0.2, 0.25) is 0 Å². The first kappa shape index (κ1) is 36.8. The lowest BCUT2D eigenvalue weighted by Gasteiger charge is -2.44. The summed E-state index contributed by atoms with van der Waals surface area (Å²) in [6.45, 7) is 16.6. The first-order valence-corrected chi connectivity index (χ1v) is 17.1. The van der Waals surface area contributed by atoms with Crippen molar-refractivity contribution < 1.29 is 37.9 Å². The Bertz CT molecular complexity index is 1650. The number of rotatable bonds is 10. The van der Waals surface area contributed by atoms with Gasteiger partial charge >= 0.3 is 18.2 Å². The lowest BCUT2D eigenvalue weighted by Crippen LogP contribution is -2.55. The highest BCUT2D eigenvalue weighted by Gasteiger charge is 2.52. The zero-order chi connectivity index (χ0) is 36.5. The topological polar surface area (TPSA) is 151 Å². The van der Waals surface area contributed by atoms with Crippen LogP contribution in [0.1, 0.15) is 116 Å². The highest BCUT2D eigenvalue weighted by molar-refractivity contribution is 5.79. The predicted octanol–water partition coefficient (Wildman–Crippen LogP) is 7.33. The van der Waals surface area contributed by atoms with Crippen molar-refractivity contribution in [2.45, 2.75) is 116 Å². The van der Waals surface area contributed by atoms with Crippen LogP contribution >= 0.6 is 0 Å². The number of hydrogen-bond acceptors (Lipinski definition) is 10. The average Bonchev–Trinajstić information content (AvgIpc) is 3.58. The molecule has 0 unspecified atom stereocenters. The van der Waals surface area contributed by atoms with Crippen LogP contribution in [0.15, 0.2) is 53.1 Å². The Morgan fingerprint density at radius 1 is 0.840 bits per heavy atom. The van der Waals surface area contributed by atoms with E-state index in [1.54, 1.807) is 20.8 Å². The highest BCUT2D eigenvalue weighted by Crippen LogP contribution is 2.48. The Balaban J connectivity index is 1.35. The first-order valence-electron chi connectivity index (χ1n) is 17.1. The molecule has 1 fully saturated rings. The van der Waals surface area contributed by atoms with Crippen molar-refractivity contribution >= 4 is 18.2 Å². The molecule has 2 aromatic carbocycles. The molecule has 0 radical (unpaired) electrons. The fourth-order valence-electron chi connectivity index (χ4n) is 6.38. The molecule has 1 aromatic heterocycles. The van der Waals surface area contributed by atoms with Crippen molar-refractivity contribution in [2.75, 3.05) is 13.2 Å². The summed E-state index contributed by atoms with van der Waals surface area (Å²) >= 11 is 0. The summed E-state index contributed by atoms with van der Waals surface area (Å²) in [5, 5.41) is 9.98. The first-order chi connectivity index (χ1) is 23.3. The molecule has 3 aromatic rings. The quantitative estimate of drug-likeness (QED) is 0.163. The number of hydrogen-bond donors (Lipinski definition) is 2. The third-order valence-electron chi connectivity index (χ3n) is 8.37. The monoisotopic (exact) mass is 690 g/mol. The lowest BCUT2D eigenvalue weighted by molar-refractivity contribution is -0.157. The fraction of sp³-hybridized carbons (Fsp3) is 0.553. The molecule has 0 spiro atoms. The molecule has 12 nitrogen and oxygen atoms in total. The summed E-state index contributed by atoms with van der Waals surface area (Å²) in [6, 6.07) is 15.4. The largest absolute Gasteiger partial charge is 0.460 e. The molecule has 2 amide bonds. The average molecular weight is 691 g/mol. The summed E-state index contributed by atoms with van der Waals surface area (Å²) in [4.78, 5) is 43.7. The molecule has 2 aliphatic rings. The van der Waals surface area contributed by atoms with E-state index >= 15 is 0 Å². The molecule has 2 N–H and O–H groups in total. The summed E-state index contributed by atoms with van der Waals surface area (Å²) in [5.74, 6) is -0.283. The molecule has 5 rings (SSSR count). The van der Waals surface area contributed by atoms with Crippen molar-refractivity contribution in [3.05, 3.63) is 71.4 Å². The second-order valence-corrected chi connectivity index (χ2v) is 16.2. The van der Waals surface area contributed by atoms with Crippen molar-refractivity contribution in [1.82, 2.24) is 20.8 Å². The van der Waals surface area contributed by atoms with Crippen LogP contribution < -0.4 is 10.6 Å². The number of nitrogens with zero attached hydrogens (tertiary/aromatic N) is 2. The molecule has 50 heavy (non-hydrogen) atoms. The van der Waals surface area contributed by atoms with Crippen LogP contribution in [0.2, 0.25) is 0 Å². The van der Waals surface area contributed by atoms with E-state index in [-0.39, 0.29) is 49.2 Å². The van der Waals surface area contributed by atoms with E-state index in [9.17, 15) is 14.4 Å². The van der Waals surface area contributed by atoms with E-state index in [4.69, 9.17) is 23.5 Å². The summed E-state index contributed by atoms with van der Waals surface area (Å²) in [5.41, 5.74) is 1.47. The third kappa shape index (κ3) is 9.21. The number of alkyl carbamates (subject to hydrolysis) is 2. The van der Waals surface area contributed by atoms with Crippen molar-refractivity contribution in [1.29, 1.82) is 0 Å². The molecular formula is C38H50N4O8. The summed E-state index contributed by atoms with van der Waals surface area (Å²) < 4.78 is 28.6. The van der Waals surface area contributed by atoms with Gasteiger partial charge in [0.25, 0.3) is 5.89 Å². The standard InChI is InChI=1S/C38H50N4O8/c1-35(2,3)47-22-29(39-33(44)49-37(7,8)9)31-40-32(50-42-31)38(19-23(20-38)18-30(43)48-36(4,5)6)41-34(45)46-21-28-26-16-12-10-14-24(26)25-15-11-13-17-27(25)28/h10-17,23,28-29H,18-22H2,1-9H3,(H,39,44)(H,41,45)/t23?,29-,38?/m0/s1. The number of aromatic nitrogens is 2. The second-order valence-electron chi connectivity index (χ2n) is 16.2. The van der Waals surface area contributed by atoms with Gasteiger partial charge in [-0.2, -0.15) is 4.98 Å². The number of nitrogens with one attached hydrogen (secondary N) is 2. The van der Waals surface area contributed by atoms with Gasteiger partial charge in [-0.1, -0.05) is 53.7 Å². The molecular weight excluding hydrogens is 640 g/mol. The van der Waals surface area contributed by atoms with Crippen LogP contribution in [-0.4, -0.2) is 58.3 Å². The molecule has 0 saturated heterocycles. The molecule has 0 bridgehead atoms. The van der Waals surface area contributed by atoms with Crippen LogP contribution in [0.4, 0.5) is 9.59 Å². The molecule has 270 valence electrons. The number of ether oxygens (including phenoxy) is 4. The number of carbonyl (C=O) groups excluding carboxylic acids is 3. The minimum absolute atomic E-state index is 0.0375. The maximum atomic E-state index is 13.5. The number of carbonyl (C=O) groups is 3. The van der Waals surface area contributed by atoms with Gasteiger partial charge in [0, 0.05) is 12.3 Å². The summed E-state index contributed by atoms with van der Waals surface area (Å²) in [7, 11) is 0. The van der Waals surface area contributed by atoms with E-state index in [1.807, 2.05) is 65.8 Å². The van der Waals surface area contributed by atoms with Gasteiger partial charge in [-0.25, -0.2) is 9.59 Å². The lowest BCUT2D eigenvalue weighted by atomic mass is 9.66. The maximum absolute atomic E-state index is 13.5. The van der Waals surface area contributed by atoms with E-state index in [1.165, 1.54) is 0 Å². The van der Waals surface area contributed by atoms with Gasteiger partial charge in [-0.3, -0.25) is 4.79 Å². The van der Waals surface area contributed by atoms with E-state index < -0.39 is 40.6 Å². The fourth-order valence-corrected chi connectivity index (χ4v) is 6.38. The maximum Gasteiger partial charge on any atom is 0.408 e. The van der Waals surface area contributed by atoms with E-state index in [2.05, 4.69) is 45.0 Å². The van der Waals surface area contributed by atoms with Gasteiger partial charge in [-0.05, 0) is 103 Å². The number of fused-ring (bicyclic) bond motifs is 3. The number of esters is 1. The van der Waals surface area contributed by atoms with Gasteiger partial charge in [-0.15, -0.1) is 0 Å². The van der Waals surface area contributed by atoms with Crippen LogP contribution in [0.5, 0.6) is 0 Å². The van der Waals surface area contributed by atoms with Gasteiger partial charge in [0.15, 0.2) is 5.82 Å². The molecule has 0 aliphatic heterocycles. The van der Waals surface area contributed by atoms with Crippen molar-refractivity contribution in [2.24, 2.45) is 5.92 Å².